The number of carbonyl (C=O) groups excluding carboxylic acids is 2. The van der Waals surface area contributed by atoms with Crippen LogP contribution in [0.2, 0.25) is 0 Å². The first kappa shape index (κ1) is 20.6. The topological polar surface area (TPSA) is 62.6 Å². The molecule has 0 aliphatic rings. The van der Waals surface area contributed by atoms with Crippen molar-refractivity contribution in [2.45, 2.75) is 26.8 Å². The van der Waals surface area contributed by atoms with E-state index in [1.807, 2.05) is 26.0 Å². The number of quaternary nitrogens is 1. The summed E-state index contributed by atoms with van der Waals surface area (Å²) in [5.41, 5.74) is 3.99. The lowest BCUT2D eigenvalue weighted by Gasteiger charge is -2.18. The summed E-state index contributed by atoms with van der Waals surface area (Å²) in [4.78, 5) is 25.1. The minimum atomic E-state index is -0.356. The Balaban J connectivity index is 1.81. The van der Waals surface area contributed by atoms with Gasteiger partial charge in [0.1, 0.15) is 5.82 Å². The second-order valence-corrected chi connectivity index (χ2v) is 7.00. The maximum absolute atomic E-state index is 12.9. The van der Waals surface area contributed by atoms with Gasteiger partial charge in [-0.3, -0.25) is 9.59 Å². The lowest BCUT2D eigenvalue weighted by atomic mass is 10.0. The van der Waals surface area contributed by atoms with Crippen LogP contribution >= 0.6 is 0 Å². The SMILES string of the molecule is Cc1ccc([C@H](C)NC(=O)C[NH+](C)CC(=O)Nc2ccc(F)cc2)cc1C. The van der Waals surface area contributed by atoms with Crippen molar-refractivity contribution in [2.75, 3.05) is 25.5 Å². The zero-order valence-electron chi connectivity index (χ0n) is 16.2. The molecule has 0 aliphatic heterocycles. The van der Waals surface area contributed by atoms with Gasteiger partial charge < -0.3 is 15.5 Å². The zero-order chi connectivity index (χ0) is 20.0. The van der Waals surface area contributed by atoms with E-state index in [2.05, 4.69) is 23.6 Å². The van der Waals surface area contributed by atoms with Crippen LogP contribution in [0.1, 0.15) is 29.7 Å². The number of benzene rings is 2. The zero-order valence-corrected chi connectivity index (χ0v) is 16.2. The first-order valence-corrected chi connectivity index (χ1v) is 8.98. The van der Waals surface area contributed by atoms with E-state index in [0.717, 1.165) is 10.5 Å². The van der Waals surface area contributed by atoms with Gasteiger partial charge in [0.15, 0.2) is 13.1 Å². The standard InChI is InChI=1S/C21H26FN3O2/c1-14-5-6-17(11-15(14)2)16(3)23-20(26)12-25(4)13-21(27)24-19-9-7-18(22)8-10-19/h5-11,16H,12-13H2,1-4H3,(H,23,26)(H,24,27)/p+1/t16-/m0/s1. The van der Waals surface area contributed by atoms with Crippen LogP contribution in [0, 0.1) is 19.7 Å². The molecule has 6 heteroatoms. The lowest BCUT2D eigenvalue weighted by molar-refractivity contribution is -0.862. The number of likely N-dealkylation sites (N-methyl/N-ethyl adjacent to an activating group) is 1. The monoisotopic (exact) mass is 372 g/mol. The Morgan fingerprint density at radius 1 is 1.00 bits per heavy atom. The average Bonchev–Trinajstić information content (AvgIpc) is 2.58. The number of hydrogen-bond donors (Lipinski definition) is 3. The molecule has 0 spiro atoms. The Morgan fingerprint density at radius 3 is 2.26 bits per heavy atom. The third-order valence-electron chi connectivity index (χ3n) is 4.46. The van der Waals surface area contributed by atoms with Gasteiger partial charge in [-0.15, -0.1) is 0 Å². The van der Waals surface area contributed by atoms with E-state index in [-0.39, 0.29) is 36.8 Å². The van der Waals surface area contributed by atoms with E-state index in [1.165, 1.54) is 35.4 Å². The third kappa shape index (κ3) is 6.49. The molecule has 0 fully saturated rings. The van der Waals surface area contributed by atoms with Gasteiger partial charge in [-0.05, 0) is 61.7 Å². The second kappa shape index (κ2) is 9.28. The molecule has 1 unspecified atom stereocenters. The molecule has 0 aromatic heterocycles. The van der Waals surface area contributed by atoms with Crippen LogP contribution in [0.15, 0.2) is 42.5 Å². The second-order valence-electron chi connectivity index (χ2n) is 7.00. The summed E-state index contributed by atoms with van der Waals surface area (Å²) >= 11 is 0. The highest BCUT2D eigenvalue weighted by molar-refractivity contribution is 5.91. The maximum atomic E-state index is 12.9. The van der Waals surface area contributed by atoms with Gasteiger partial charge >= 0.3 is 0 Å². The highest BCUT2D eigenvalue weighted by atomic mass is 19.1. The van der Waals surface area contributed by atoms with Crippen molar-refractivity contribution >= 4 is 17.5 Å². The van der Waals surface area contributed by atoms with Crippen molar-refractivity contribution in [3.8, 4) is 0 Å². The summed E-state index contributed by atoms with van der Waals surface area (Å²) in [6, 6.07) is 11.6. The van der Waals surface area contributed by atoms with Gasteiger partial charge in [-0.25, -0.2) is 4.39 Å². The Labute approximate surface area is 159 Å². The molecular formula is C21H27FN3O2+. The molecule has 0 saturated heterocycles. The normalized spacial score (nSPS) is 12.9. The number of nitrogens with one attached hydrogen (secondary N) is 3. The number of carbonyl (C=O) groups is 2. The van der Waals surface area contributed by atoms with E-state index in [4.69, 9.17) is 0 Å². The summed E-state index contributed by atoms with van der Waals surface area (Å²) in [6.07, 6.45) is 0. The average molecular weight is 372 g/mol. The molecule has 2 rings (SSSR count). The molecule has 0 heterocycles. The molecule has 0 aliphatic carbocycles. The predicted octanol–water partition coefficient (Wildman–Crippen LogP) is 1.77. The molecule has 144 valence electrons. The molecule has 2 aromatic rings. The summed E-state index contributed by atoms with van der Waals surface area (Å²) in [6.45, 7) is 6.37. The highest BCUT2D eigenvalue weighted by Gasteiger charge is 2.17. The molecule has 0 radical (unpaired) electrons. The first-order valence-electron chi connectivity index (χ1n) is 8.98. The molecule has 0 bridgehead atoms. The number of halogens is 1. The van der Waals surface area contributed by atoms with Crippen molar-refractivity contribution in [2.24, 2.45) is 0 Å². The van der Waals surface area contributed by atoms with Crippen molar-refractivity contribution in [3.63, 3.8) is 0 Å². The van der Waals surface area contributed by atoms with E-state index in [1.54, 1.807) is 7.05 Å². The van der Waals surface area contributed by atoms with Crippen LogP contribution < -0.4 is 15.5 Å². The molecule has 2 amide bonds. The Morgan fingerprint density at radius 2 is 1.63 bits per heavy atom. The largest absolute Gasteiger partial charge is 0.345 e. The molecule has 2 aromatic carbocycles. The van der Waals surface area contributed by atoms with Crippen molar-refractivity contribution < 1.29 is 18.9 Å². The fourth-order valence-electron chi connectivity index (χ4n) is 2.76. The van der Waals surface area contributed by atoms with Gasteiger partial charge in [0.25, 0.3) is 11.8 Å². The van der Waals surface area contributed by atoms with Crippen LogP contribution in [0.5, 0.6) is 0 Å². The summed E-state index contributed by atoms with van der Waals surface area (Å²) < 4.78 is 12.9. The van der Waals surface area contributed by atoms with Gasteiger partial charge in [-0.2, -0.15) is 0 Å². The smallest absolute Gasteiger partial charge is 0.279 e. The van der Waals surface area contributed by atoms with Gasteiger partial charge in [0.2, 0.25) is 0 Å². The van der Waals surface area contributed by atoms with Crippen LogP contribution in [-0.2, 0) is 9.59 Å². The maximum Gasteiger partial charge on any atom is 0.279 e. The number of anilines is 1. The Hall–Kier alpha value is -2.73. The van der Waals surface area contributed by atoms with Crippen LogP contribution in [-0.4, -0.2) is 32.0 Å². The fraction of sp³-hybridized carbons (Fsp3) is 0.333. The van der Waals surface area contributed by atoms with E-state index in [0.29, 0.717) is 5.69 Å². The van der Waals surface area contributed by atoms with Crippen LogP contribution in [0.4, 0.5) is 10.1 Å². The molecule has 0 saturated carbocycles. The van der Waals surface area contributed by atoms with Crippen molar-refractivity contribution in [1.82, 2.24) is 5.32 Å². The Bertz CT molecular complexity index is 806. The number of aryl methyl sites for hydroxylation is 2. The third-order valence-corrected chi connectivity index (χ3v) is 4.46. The van der Waals surface area contributed by atoms with E-state index >= 15 is 0 Å². The van der Waals surface area contributed by atoms with Crippen LogP contribution in [0.25, 0.3) is 0 Å². The van der Waals surface area contributed by atoms with Gasteiger partial charge in [0.05, 0.1) is 13.1 Å². The molecule has 5 nitrogen and oxygen atoms in total. The highest BCUT2D eigenvalue weighted by Crippen LogP contribution is 2.16. The number of amides is 2. The van der Waals surface area contributed by atoms with E-state index < -0.39 is 0 Å². The Kier molecular flexibility index (Phi) is 7.07. The van der Waals surface area contributed by atoms with E-state index in [9.17, 15) is 14.0 Å². The minimum Gasteiger partial charge on any atom is -0.345 e. The summed E-state index contributed by atoms with van der Waals surface area (Å²) in [5, 5.41) is 5.66. The molecule has 3 N–H and O–H groups in total. The van der Waals surface area contributed by atoms with Gasteiger partial charge in [0, 0.05) is 5.69 Å². The van der Waals surface area contributed by atoms with Gasteiger partial charge in [-0.1, -0.05) is 18.2 Å². The molecule has 27 heavy (non-hydrogen) atoms. The fourth-order valence-corrected chi connectivity index (χ4v) is 2.76. The molecular weight excluding hydrogens is 345 g/mol. The van der Waals surface area contributed by atoms with Crippen molar-refractivity contribution in [1.29, 1.82) is 0 Å². The van der Waals surface area contributed by atoms with Crippen molar-refractivity contribution in [3.05, 3.63) is 65.0 Å². The quantitative estimate of drug-likeness (QED) is 0.694. The summed E-state index contributed by atoms with van der Waals surface area (Å²) in [5.74, 6) is -0.702. The minimum absolute atomic E-state index is 0.0994. The predicted molar refractivity (Wildman–Crippen MR) is 104 cm³/mol. The lowest BCUT2D eigenvalue weighted by Crippen LogP contribution is -3.11. The molecule has 2 atom stereocenters. The number of rotatable bonds is 7. The summed E-state index contributed by atoms with van der Waals surface area (Å²) in [7, 11) is 1.78. The van der Waals surface area contributed by atoms with Crippen LogP contribution in [0.3, 0.4) is 0 Å². The first-order chi connectivity index (χ1) is 12.7. The number of hydrogen-bond acceptors (Lipinski definition) is 2.